The summed E-state index contributed by atoms with van der Waals surface area (Å²) in [5.41, 5.74) is 0.962. The molecule has 1 N–H and O–H groups in total. The molecule has 0 heterocycles. The summed E-state index contributed by atoms with van der Waals surface area (Å²) < 4.78 is 4.85. The van der Waals surface area contributed by atoms with Crippen LogP contribution in [0.3, 0.4) is 0 Å². The summed E-state index contributed by atoms with van der Waals surface area (Å²) in [5, 5.41) is 8.27. The Bertz CT molecular complexity index is 105. The van der Waals surface area contributed by atoms with E-state index in [1.807, 2.05) is 6.92 Å². The van der Waals surface area contributed by atoms with Crippen molar-refractivity contribution in [1.29, 1.82) is 0 Å². The van der Waals surface area contributed by atoms with Crippen LogP contribution in [0.2, 0.25) is 0 Å². The van der Waals surface area contributed by atoms with Crippen LogP contribution in [0.4, 0.5) is 0 Å². The molecule has 0 fully saturated rings. The van der Waals surface area contributed by atoms with Crippen molar-refractivity contribution in [2.75, 3.05) is 13.2 Å². The first-order valence-electron chi connectivity index (χ1n) is 2.83. The fourth-order valence-corrected chi connectivity index (χ4v) is 0.291. The summed E-state index contributed by atoms with van der Waals surface area (Å²) in [4.78, 5) is 0. The number of aliphatic hydroxyl groups is 1. The molecule has 0 atom stereocenters. The van der Waals surface area contributed by atoms with Crippen LogP contribution in [0.15, 0.2) is 24.5 Å². The number of aliphatic hydroxyl groups excluding tert-OH is 1. The van der Waals surface area contributed by atoms with Gasteiger partial charge in [0.2, 0.25) is 0 Å². The minimum absolute atomic E-state index is 0.0565. The van der Waals surface area contributed by atoms with E-state index in [-0.39, 0.29) is 6.61 Å². The maximum atomic E-state index is 8.27. The molecular formula is C7H12O2. The van der Waals surface area contributed by atoms with Crippen molar-refractivity contribution < 1.29 is 9.84 Å². The van der Waals surface area contributed by atoms with Gasteiger partial charge in [0.15, 0.2) is 0 Å². The van der Waals surface area contributed by atoms with Gasteiger partial charge in [-0.15, -0.1) is 0 Å². The van der Waals surface area contributed by atoms with Crippen LogP contribution in [-0.4, -0.2) is 18.3 Å². The molecule has 0 saturated heterocycles. The van der Waals surface area contributed by atoms with Crippen molar-refractivity contribution in [1.82, 2.24) is 0 Å². The number of allylic oxidation sites excluding steroid dienone is 2. The van der Waals surface area contributed by atoms with Gasteiger partial charge in [0, 0.05) is 0 Å². The fraction of sp³-hybridized carbons (Fsp3) is 0.429. The van der Waals surface area contributed by atoms with E-state index >= 15 is 0 Å². The van der Waals surface area contributed by atoms with Gasteiger partial charge in [-0.25, -0.2) is 0 Å². The number of ether oxygens (including phenoxy) is 1. The summed E-state index contributed by atoms with van der Waals surface area (Å²) in [5.74, 6) is 0. The molecule has 0 aromatic rings. The lowest BCUT2D eigenvalue weighted by Gasteiger charge is -1.95. The Kier molecular flexibility index (Phi) is 4.92. The molecular weight excluding hydrogens is 116 g/mol. The maximum absolute atomic E-state index is 8.27. The van der Waals surface area contributed by atoms with E-state index in [1.165, 1.54) is 0 Å². The number of rotatable bonds is 4. The van der Waals surface area contributed by atoms with Crippen LogP contribution < -0.4 is 0 Å². The highest BCUT2D eigenvalue weighted by molar-refractivity contribution is 5.09. The monoisotopic (exact) mass is 128 g/mol. The first-order valence-corrected chi connectivity index (χ1v) is 2.83. The summed E-state index contributed by atoms with van der Waals surface area (Å²) in [6, 6.07) is 0. The second-order valence-corrected chi connectivity index (χ2v) is 1.66. The van der Waals surface area contributed by atoms with Gasteiger partial charge in [-0.3, -0.25) is 0 Å². The number of hydrogen-bond acceptors (Lipinski definition) is 2. The zero-order chi connectivity index (χ0) is 7.11. The Morgan fingerprint density at radius 1 is 1.78 bits per heavy atom. The van der Waals surface area contributed by atoms with E-state index in [0.717, 1.165) is 5.57 Å². The SMILES string of the molecule is C=CC(C)=COCCO. The van der Waals surface area contributed by atoms with E-state index in [0.29, 0.717) is 6.61 Å². The molecule has 9 heavy (non-hydrogen) atoms. The largest absolute Gasteiger partial charge is 0.499 e. The highest BCUT2D eigenvalue weighted by Gasteiger charge is 1.79. The molecule has 0 spiro atoms. The second-order valence-electron chi connectivity index (χ2n) is 1.66. The van der Waals surface area contributed by atoms with Crippen LogP contribution in [0.25, 0.3) is 0 Å². The molecule has 0 aliphatic heterocycles. The summed E-state index contributed by atoms with van der Waals surface area (Å²) in [7, 11) is 0. The van der Waals surface area contributed by atoms with Gasteiger partial charge in [-0.05, 0) is 12.5 Å². The van der Waals surface area contributed by atoms with Crippen LogP contribution in [-0.2, 0) is 4.74 Å². The lowest BCUT2D eigenvalue weighted by atomic mass is 10.3. The Hall–Kier alpha value is -0.760. The van der Waals surface area contributed by atoms with Gasteiger partial charge in [0.05, 0.1) is 12.9 Å². The Morgan fingerprint density at radius 2 is 2.44 bits per heavy atom. The average molecular weight is 128 g/mol. The van der Waals surface area contributed by atoms with E-state index < -0.39 is 0 Å². The van der Waals surface area contributed by atoms with Gasteiger partial charge >= 0.3 is 0 Å². The topological polar surface area (TPSA) is 29.5 Å². The van der Waals surface area contributed by atoms with Gasteiger partial charge in [-0.2, -0.15) is 0 Å². The first-order chi connectivity index (χ1) is 4.31. The van der Waals surface area contributed by atoms with Crippen molar-refractivity contribution >= 4 is 0 Å². The molecule has 0 amide bonds. The minimum Gasteiger partial charge on any atom is -0.499 e. The van der Waals surface area contributed by atoms with Crippen LogP contribution in [0.5, 0.6) is 0 Å². The van der Waals surface area contributed by atoms with E-state index in [2.05, 4.69) is 6.58 Å². The molecule has 0 bridgehead atoms. The van der Waals surface area contributed by atoms with Crippen molar-refractivity contribution in [2.45, 2.75) is 6.92 Å². The average Bonchev–Trinajstić information content (AvgIpc) is 1.89. The molecule has 0 aliphatic carbocycles. The van der Waals surface area contributed by atoms with Gasteiger partial charge in [0.1, 0.15) is 6.61 Å². The Labute approximate surface area is 55.5 Å². The molecule has 2 heteroatoms. The Morgan fingerprint density at radius 3 is 2.89 bits per heavy atom. The molecule has 0 rings (SSSR count). The predicted molar refractivity (Wildman–Crippen MR) is 37.0 cm³/mol. The number of hydrogen-bond donors (Lipinski definition) is 1. The summed E-state index contributed by atoms with van der Waals surface area (Å²) in [6.45, 7) is 5.82. The Balaban J connectivity index is 3.31. The van der Waals surface area contributed by atoms with Crippen molar-refractivity contribution in [3.63, 3.8) is 0 Å². The summed E-state index contributed by atoms with van der Waals surface area (Å²) in [6.07, 6.45) is 3.26. The molecule has 52 valence electrons. The van der Waals surface area contributed by atoms with Crippen molar-refractivity contribution in [3.05, 3.63) is 24.5 Å². The molecule has 0 aromatic heterocycles. The molecule has 0 saturated carbocycles. The smallest absolute Gasteiger partial charge is 0.110 e. The summed E-state index contributed by atoms with van der Waals surface area (Å²) >= 11 is 0. The van der Waals surface area contributed by atoms with Crippen LogP contribution >= 0.6 is 0 Å². The van der Waals surface area contributed by atoms with Gasteiger partial charge in [0.25, 0.3) is 0 Å². The molecule has 0 aliphatic rings. The predicted octanol–water partition coefficient (Wildman–Crippen LogP) is 1.09. The highest BCUT2D eigenvalue weighted by atomic mass is 16.5. The van der Waals surface area contributed by atoms with E-state index in [1.54, 1.807) is 12.3 Å². The minimum atomic E-state index is 0.0565. The van der Waals surface area contributed by atoms with Crippen molar-refractivity contribution in [3.8, 4) is 0 Å². The van der Waals surface area contributed by atoms with Crippen LogP contribution in [0, 0.1) is 0 Å². The van der Waals surface area contributed by atoms with E-state index in [9.17, 15) is 0 Å². The molecule has 2 nitrogen and oxygen atoms in total. The third-order valence-corrected chi connectivity index (χ3v) is 0.800. The van der Waals surface area contributed by atoms with Crippen molar-refractivity contribution in [2.24, 2.45) is 0 Å². The zero-order valence-corrected chi connectivity index (χ0v) is 5.63. The molecule has 0 radical (unpaired) electrons. The van der Waals surface area contributed by atoms with Crippen LogP contribution in [0.1, 0.15) is 6.92 Å². The third kappa shape index (κ3) is 5.11. The van der Waals surface area contributed by atoms with E-state index in [4.69, 9.17) is 9.84 Å². The molecule has 0 aromatic carbocycles. The second kappa shape index (κ2) is 5.38. The third-order valence-electron chi connectivity index (χ3n) is 0.800. The fourth-order valence-electron chi connectivity index (χ4n) is 0.291. The highest BCUT2D eigenvalue weighted by Crippen LogP contribution is 1.91. The standard InChI is InChI=1S/C7H12O2/c1-3-7(2)6-9-5-4-8/h3,6,8H,1,4-5H2,2H3. The maximum Gasteiger partial charge on any atom is 0.110 e. The zero-order valence-electron chi connectivity index (χ0n) is 5.63. The first kappa shape index (κ1) is 8.24. The molecule has 0 unspecified atom stereocenters. The quantitative estimate of drug-likeness (QED) is 0.349. The lowest BCUT2D eigenvalue weighted by Crippen LogP contribution is -1.92. The van der Waals surface area contributed by atoms with Gasteiger partial charge < -0.3 is 9.84 Å². The normalized spacial score (nSPS) is 11.1. The van der Waals surface area contributed by atoms with Gasteiger partial charge in [-0.1, -0.05) is 12.7 Å². The lowest BCUT2D eigenvalue weighted by molar-refractivity contribution is 0.165.